The molecule has 2 aromatic heterocycles. The summed E-state index contributed by atoms with van der Waals surface area (Å²) in [4.78, 5) is 47.2. The number of sulfonamides is 1. The number of halogens is 7. The fourth-order valence-electron chi connectivity index (χ4n) is 4.29. The second-order valence-electron chi connectivity index (χ2n) is 9.82. The van der Waals surface area contributed by atoms with Crippen molar-refractivity contribution >= 4 is 29.8 Å². The van der Waals surface area contributed by atoms with Gasteiger partial charge in [0.15, 0.2) is 0 Å². The molecule has 284 valence electrons. The van der Waals surface area contributed by atoms with Crippen LogP contribution >= 0.6 is 10.7 Å². The van der Waals surface area contributed by atoms with Gasteiger partial charge in [0.05, 0.1) is 22.5 Å². The highest BCUT2D eigenvalue weighted by molar-refractivity contribution is 8.13. The largest absolute Gasteiger partial charge is 0.431 e. The summed E-state index contributed by atoms with van der Waals surface area (Å²) in [7, 11) is -0.585. The SMILES string of the molecule is CC.CNS(=O)(=O)c1cc(-n2c(=O)cc(C(F)(F)F)n(C)c2=O)ccc1C#N.Cn1c(C(F)(F)F)cc(=O)n(-c2ccc(C#N)c(S(=O)(=O)Cl)c2)c1=O. The molecule has 2 aromatic carbocycles. The number of hydrogen-bond donors (Lipinski definition) is 1. The molecule has 0 atom stereocenters. The van der Waals surface area contributed by atoms with Crippen LogP contribution in [0.3, 0.4) is 0 Å². The van der Waals surface area contributed by atoms with Crippen molar-refractivity contribution in [2.75, 3.05) is 7.05 Å². The second kappa shape index (κ2) is 16.0. The Hall–Kier alpha value is -5.49. The van der Waals surface area contributed by atoms with Crippen LogP contribution in [0, 0.1) is 22.7 Å². The van der Waals surface area contributed by atoms with E-state index in [4.69, 9.17) is 21.2 Å². The number of nitrogens with one attached hydrogen (secondary N) is 1. The van der Waals surface area contributed by atoms with Gasteiger partial charge in [-0.15, -0.1) is 0 Å². The van der Waals surface area contributed by atoms with Gasteiger partial charge in [-0.05, 0) is 43.4 Å². The van der Waals surface area contributed by atoms with Crippen molar-refractivity contribution in [2.24, 2.45) is 14.1 Å². The predicted molar refractivity (Wildman–Crippen MR) is 175 cm³/mol. The Bertz CT molecular complexity index is 2630. The van der Waals surface area contributed by atoms with Crippen LogP contribution in [0.4, 0.5) is 26.3 Å². The highest BCUT2D eigenvalue weighted by Crippen LogP contribution is 2.28. The number of hydrogen-bond acceptors (Lipinski definition) is 10. The Morgan fingerprint density at radius 3 is 1.30 bits per heavy atom. The molecule has 4 rings (SSSR count). The van der Waals surface area contributed by atoms with Crippen LogP contribution in [0.2, 0.25) is 0 Å². The van der Waals surface area contributed by atoms with Gasteiger partial charge < -0.3 is 0 Å². The van der Waals surface area contributed by atoms with Crippen LogP contribution in [0.25, 0.3) is 11.4 Å². The molecular formula is C29H24ClF6N7O8S2. The lowest BCUT2D eigenvalue weighted by atomic mass is 10.2. The van der Waals surface area contributed by atoms with Crippen molar-refractivity contribution in [1.82, 2.24) is 23.0 Å². The zero-order valence-corrected chi connectivity index (χ0v) is 29.9. The van der Waals surface area contributed by atoms with E-state index in [1.165, 1.54) is 0 Å². The van der Waals surface area contributed by atoms with Crippen LogP contribution in [-0.4, -0.2) is 42.2 Å². The number of nitriles is 2. The third-order valence-corrected chi connectivity index (χ3v) is 9.55. The minimum atomic E-state index is -4.93. The number of alkyl halides is 6. The summed E-state index contributed by atoms with van der Waals surface area (Å²) in [5, 5.41) is 17.9. The highest BCUT2D eigenvalue weighted by Gasteiger charge is 2.36. The van der Waals surface area contributed by atoms with Gasteiger partial charge in [-0.2, -0.15) is 36.9 Å². The molecule has 0 radical (unpaired) electrons. The van der Waals surface area contributed by atoms with Crippen LogP contribution in [-0.2, 0) is 45.5 Å². The van der Waals surface area contributed by atoms with E-state index in [9.17, 15) is 62.4 Å². The average molecular weight is 812 g/mol. The first-order chi connectivity index (χ1) is 24.3. The Labute approximate surface area is 299 Å². The summed E-state index contributed by atoms with van der Waals surface area (Å²) in [5.41, 5.74) is -9.44. The first-order valence-electron chi connectivity index (χ1n) is 14.1. The quantitative estimate of drug-likeness (QED) is 0.230. The monoisotopic (exact) mass is 811 g/mol. The van der Waals surface area contributed by atoms with Gasteiger partial charge in [0.2, 0.25) is 10.0 Å². The van der Waals surface area contributed by atoms with Gasteiger partial charge in [0, 0.05) is 36.9 Å². The molecule has 0 spiro atoms. The Morgan fingerprint density at radius 2 is 1.00 bits per heavy atom. The van der Waals surface area contributed by atoms with Crippen molar-refractivity contribution in [3.63, 3.8) is 0 Å². The molecule has 0 aliphatic carbocycles. The van der Waals surface area contributed by atoms with Gasteiger partial charge >= 0.3 is 23.7 Å². The van der Waals surface area contributed by atoms with E-state index >= 15 is 0 Å². The normalized spacial score (nSPS) is 11.7. The van der Waals surface area contributed by atoms with Crippen molar-refractivity contribution < 1.29 is 43.2 Å². The third-order valence-electron chi connectivity index (χ3n) is 6.73. The average Bonchev–Trinajstić information content (AvgIpc) is 3.07. The standard InChI is InChI=1S/C14H11F3N4O4S.C13H7ClF3N3O4S.C2H6/c1-19-26(24,25)10-5-9(4-3-8(10)7-18)21-12(22)6-11(14(15,16)17)20(2)13(21)23;1-19-10(13(15,16)17)5-11(21)20(12(19)22)8-3-2-7(6-18)9(4-8)25(14,23)24;1-2/h3-6,19H,1-2H3;2-5H,1H3;1-2H3. The Morgan fingerprint density at radius 1 is 0.660 bits per heavy atom. The fraction of sp³-hybridized carbons (Fsp3) is 0.241. The van der Waals surface area contributed by atoms with Crippen LogP contribution in [0.1, 0.15) is 36.4 Å². The van der Waals surface area contributed by atoms with Gasteiger partial charge in [0.1, 0.15) is 33.3 Å². The van der Waals surface area contributed by atoms with Gasteiger partial charge in [-0.1, -0.05) is 13.8 Å². The molecular weight excluding hydrogens is 788 g/mol. The van der Waals surface area contributed by atoms with Crippen molar-refractivity contribution in [2.45, 2.75) is 36.0 Å². The van der Waals surface area contributed by atoms with E-state index in [0.717, 1.165) is 57.5 Å². The molecule has 15 nitrogen and oxygen atoms in total. The van der Waals surface area contributed by atoms with Crippen LogP contribution in [0.15, 0.2) is 77.5 Å². The molecule has 0 bridgehead atoms. The van der Waals surface area contributed by atoms with Crippen LogP contribution in [0.5, 0.6) is 0 Å². The molecule has 0 saturated carbocycles. The third kappa shape index (κ3) is 9.31. The predicted octanol–water partition coefficient (Wildman–Crippen LogP) is 2.72. The highest BCUT2D eigenvalue weighted by atomic mass is 35.7. The fourth-order valence-corrected chi connectivity index (χ4v) is 6.21. The summed E-state index contributed by atoms with van der Waals surface area (Å²) in [6.07, 6.45) is -9.85. The summed E-state index contributed by atoms with van der Waals surface area (Å²) >= 11 is 0. The van der Waals surface area contributed by atoms with E-state index in [2.05, 4.69) is 0 Å². The maximum Gasteiger partial charge on any atom is 0.431 e. The first-order valence-corrected chi connectivity index (χ1v) is 17.9. The van der Waals surface area contributed by atoms with E-state index in [0.29, 0.717) is 9.13 Å². The van der Waals surface area contributed by atoms with Gasteiger partial charge in [0.25, 0.3) is 20.2 Å². The van der Waals surface area contributed by atoms with Crippen molar-refractivity contribution in [3.05, 3.63) is 113 Å². The maximum absolute atomic E-state index is 12.9. The zero-order chi connectivity index (χ0) is 41.0. The van der Waals surface area contributed by atoms with E-state index < -0.39 is 75.1 Å². The molecule has 0 saturated heterocycles. The topological polar surface area (TPSA) is 216 Å². The lowest BCUT2D eigenvalue weighted by molar-refractivity contribution is -0.144. The molecule has 4 aromatic rings. The smallest absolute Gasteiger partial charge is 0.292 e. The number of rotatable bonds is 5. The first kappa shape index (κ1) is 43.7. The Kier molecular flexibility index (Phi) is 13.2. The molecule has 1 N–H and O–H groups in total. The Balaban J connectivity index is 0.000000351. The number of benzene rings is 2. The molecule has 24 heteroatoms. The summed E-state index contributed by atoms with van der Waals surface area (Å²) in [6, 6.07) is 9.42. The maximum atomic E-state index is 12.9. The molecule has 53 heavy (non-hydrogen) atoms. The van der Waals surface area contributed by atoms with Gasteiger partial charge in [-0.3, -0.25) is 18.7 Å². The number of aromatic nitrogens is 4. The van der Waals surface area contributed by atoms with Crippen molar-refractivity contribution in [3.8, 4) is 23.5 Å². The summed E-state index contributed by atoms with van der Waals surface area (Å²) in [6.45, 7) is 4.00. The van der Waals surface area contributed by atoms with E-state index in [-0.39, 0.29) is 43.8 Å². The van der Waals surface area contributed by atoms with E-state index in [1.807, 2.05) is 18.6 Å². The zero-order valence-electron chi connectivity index (χ0n) is 27.5. The second-order valence-corrected chi connectivity index (χ2v) is 14.2. The van der Waals surface area contributed by atoms with Crippen LogP contribution < -0.4 is 27.2 Å². The minimum Gasteiger partial charge on any atom is -0.292 e. The lowest BCUT2D eigenvalue weighted by Gasteiger charge is -2.14. The van der Waals surface area contributed by atoms with Gasteiger partial charge in [-0.25, -0.2) is 40.3 Å². The summed E-state index contributed by atoms with van der Waals surface area (Å²) in [5.74, 6) is 0. The van der Waals surface area contributed by atoms with Crippen molar-refractivity contribution in [1.29, 1.82) is 10.5 Å². The molecule has 0 unspecified atom stereocenters. The number of nitrogens with zero attached hydrogens (tertiary/aromatic N) is 6. The molecule has 2 heterocycles. The lowest BCUT2D eigenvalue weighted by Crippen LogP contribution is -2.40. The molecule has 0 amide bonds. The molecule has 0 fully saturated rings. The molecule has 0 aliphatic rings. The molecule has 0 aliphatic heterocycles. The summed E-state index contributed by atoms with van der Waals surface area (Å²) < 4.78 is 127. The minimum absolute atomic E-state index is 0.203. The van der Waals surface area contributed by atoms with E-state index in [1.54, 1.807) is 12.1 Å².